The number of methoxy groups -OCH3 is 1. The maximum absolute atomic E-state index is 12.3. The van der Waals surface area contributed by atoms with Gasteiger partial charge in [-0.15, -0.1) is 0 Å². The van der Waals surface area contributed by atoms with Crippen LogP contribution in [-0.2, 0) is 4.79 Å². The van der Waals surface area contributed by atoms with E-state index in [0.29, 0.717) is 6.42 Å². The first kappa shape index (κ1) is 13.9. The van der Waals surface area contributed by atoms with Gasteiger partial charge in [0.1, 0.15) is 5.75 Å². The fraction of sp³-hybridized carbons (Fsp3) is 0.533. The van der Waals surface area contributed by atoms with Crippen molar-refractivity contribution in [3.8, 4) is 5.75 Å². The molecule has 1 unspecified atom stereocenters. The van der Waals surface area contributed by atoms with Crippen LogP contribution in [0.5, 0.6) is 5.75 Å². The normalized spacial score (nSPS) is 20.4. The molecule has 0 radical (unpaired) electrons. The van der Waals surface area contributed by atoms with Gasteiger partial charge in [-0.2, -0.15) is 0 Å². The molecule has 104 valence electrons. The first-order valence-electron chi connectivity index (χ1n) is 6.88. The van der Waals surface area contributed by atoms with E-state index in [0.717, 1.165) is 30.7 Å². The van der Waals surface area contributed by atoms with Gasteiger partial charge in [-0.3, -0.25) is 4.79 Å². The SMILES string of the molecule is CC[C@H](N)C(=O)N1CCCC1c1ccccc1OC. The van der Waals surface area contributed by atoms with Crippen LogP contribution in [0, 0.1) is 0 Å². The van der Waals surface area contributed by atoms with Crippen molar-refractivity contribution < 1.29 is 9.53 Å². The van der Waals surface area contributed by atoms with Crippen molar-refractivity contribution in [1.82, 2.24) is 4.90 Å². The lowest BCUT2D eigenvalue weighted by Gasteiger charge is -2.28. The minimum Gasteiger partial charge on any atom is -0.496 e. The second-order valence-corrected chi connectivity index (χ2v) is 4.95. The van der Waals surface area contributed by atoms with E-state index in [-0.39, 0.29) is 11.9 Å². The Morgan fingerprint density at radius 2 is 2.26 bits per heavy atom. The van der Waals surface area contributed by atoms with Gasteiger partial charge in [0, 0.05) is 12.1 Å². The van der Waals surface area contributed by atoms with Crippen LogP contribution in [0.25, 0.3) is 0 Å². The number of nitrogens with two attached hydrogens (primary N) is 1. The zero-order valence-corrected chi connectivity index (χ0v) is 11.6. The van der Waals surface area contributed by atoms with Gasteiger partial charge in [-0.05, 0) is 25.3 Å². The number of hydrogen-bond donors (Lipinski definition) is 1. The first-order valence-corrected chi connectivity index (χ1v) is 6.88. The number of para-hydroxylation sites is 1. The molecule has 1 heterocycles. The number of benzene rings is 1. The quantitative estimate of drug-likeness (QED) is 0.904. The summed E-state index contributed by atoms with van der Waals surface area (Å²) in [4.78, 5) is 14.2. The Morgan fingerprint density at radius 3 is 2.95 bits per heavy atom. The van der Waals surface area contributed by atoms with Crippen LogP contribution in [0.2, 0.25) is 0 Å². The molecule has 1 fully saturated rings. The third-order valence-corrected chi connectivity index (χ3v) is 3.79. The molecule has 1 aliphatic heterocycles. The Kier molecular flexibility index (Phi) is 4.43. The molecule has 0 saturated carbocycles. The Bertz CT molecular complexity index is 448. The fourth-order valence-corrected chi connectivity index (χ4v) is 2.68. The summed E-state index contributed by atoms with van der Waals surface area (Å²) in [6.07, 6.45) is 2.67. The topological polar surface area (TPSA) is 55.6 Å². The molecule has 0 spiro atoms. The van der Waals surface area contributed by atoms with Gasteiger partial charge in [-0.1, -0.05) is 25.1 Å². The van der Waals surface area contributed by atoms with Gasteiger partial charge in [0.25, 0.3) is 0 Å². The van der Waals surface area contributed by atoms with E-state index in [1.54, 1.807) is 7.11 Å². The van der Waals surface area contributed by atoms with Crippen molar-refractivity contribution in [2.24, 2.45) is 5.73 Å². The monoisotopic (exact) mass is 262 g/mol. The van der Waals surface area contributed by atoms with E-state index in [9.17, 15) is 4.79 Å². The zero-order chi connectivity index (χ0) is 13.8. The number of nitrogens with zero attached hydrogens (tertiary/aromatic N) is 1. The van der Waals surface area contributed by atoms with Crippen LogP contribution in [0.4, 0.5) is 0 Å². The molecule has 1 aromatic rings. The Balaban J connectivity index is 2.25. The lowest BCUT2D eigenvalue weighted by Crippen LogP contribution is -2.43. The molecule has 2 rings (SSSR count). The smallest absolute Gasteiger partial charge is 0.239 e. The molecule has 2 N–H and O–H groups in total. The maximum Gasteiger partial charge on any atom is 0.239 e. The summed E-state index contributed by atoms with van der Waals surface area (Å²) >= 11 is 0. The van der Waals surface area contributed by atoms with Crippen molar-refractivity contribution in [3.63, 3.8) is 0 Å². The highest BCUT2D eigenvalue weighted by molar-refractivity contribution is 5.82. The van der Waals surface area contributed by atoms with Crippen LogP contribution in [0.15, 0.2) is 24.3 Å². The number of carbonyl (C=O) groups excluding carboxylic acids is 1. The molecule has 0 aromatic heterocycles. The summed E-state index contributed by atoms with van der Waals surface area (Å²) in [6.45, 7) is 2.73. The minimum absolute atomic E-state index is 0.0518. The van der Waals surface area contributed by atoms with E-state index in [2.05, 4.69) is 0 Å². The van der Waals surface area contributed by atoms with Gasteiger partial charge in [0.05, 0.1) is 19.2 Å². The van der Waals surface area contributed by atoms with Crippen molar-refractivity contribution in [3.05, 3.63) is 29.8 Å². The predicted molar refractivity (Wildman–Crippen MR) is 74.9 cm³/mol. The van der Waals surface area contributed by atoms with Gasteiger partial charge in [-0.25, -0.2) is 0 Å². The van der Waals surface area contributed by atoms with Crippen molar-refractivity contribution in [2.75, 3.05) is 13.7 Å². The number of hydrogen-bond acceptors (Lipinski definition) is 3. The highest BCUT2D eigenvalue weighted by atomic mass is 16.5. The number of amides is 1. The number of likely N-dealkylation sites (tertiary alicyclic amines) is 1. The second kappa shape index (κ2) is 6.06. The largest absolute Gasteiger partial charge is 0.496 e. The second-order valence-electron chi connectivity index (χ2n) is 4.95. The lowest BCUT2D eigenvalue weighted by molar-refractivity contribution is -0.133. The van der Waals surface area contributed by atoms with Crippen LogP contribution in [0.3, 0.4) is 0 Å². The van der Waals surface area contributed by atoms with Gasteiger partial charge < -0.3 is 15.4 Å². The molecule has 4 heteroatoms. The predicted octanol–water partition coefficient (Wildman–Crippen LogP) is 2.10. The van der Waals surface area contributed by atoms with E-state index >= 15 is 0 Å². The highest BCUT2D eigenvalue weighted by Gasteiger charge is 2.33. The van der Waals surface area contributed by atoms with Crippen molar-refractivity contribution in [1.29, 1.82) is 0 Å². The summed E-state index contributed by atoms with van der Waals surface area (Å²) in [5.41, 5.74) is 6.97. The average molecular weight is 262 g/mol. The van der Waals surface area contributed by atoms with E-state index < -0.39 is 6.04 Å². The third kappa shape index (κ3) is 2.73. The van der Waals surface area contributed by atoms with Gasteiger partial charge >= 0.3 is 0 Å². The molecule has 1 amide bonds. The standard InChI is InChI=1S/C15H22N2O2/c1-3-12(16)15(18)17-10-6-8-13(17)11-7-4-5-9-14(11)19-2/h4-5,7,9,12-13H,3,6,8,10,16H2,1-2H3/t12-,13?/m0/s1. The average Bonchev–Trinajstić information content (AvgIpc) is 2.94. The maximum atomic E-state index is 12.3. The van der Waals surface area contributed by atoms with Crippen LogP contribution >= 0.6 is 0 Å². The molecule has 1 aromatic carbocycles. The molecular formula is C15H22N2O2. The fourth-order valence-electron chi connectivity index (χ4n) is 2.68. The number of rotatable bonds is 4. The third-order valence-electron chi connectivity index (χ3n) is 3.79. The van der Waals surface area contributed by atoms with Gasteiger partial charge in [0.2, 0.25) is 5.91 Å². The van der Waals surface area contributed by atoms with Crippen LogP contribution < -0.4 is 10.5 Å². The zero-order valence-electron chi connectivity index (χ0n) is 11.6. The molecule has 1 saturated heterocycles. The summed E-state index contributed by atoms with van der Waals surface area (Å²) in [7, 11) is 1.66. The molecular weight excluding hydrogens is 240 g/mol. The van der Waals surface area contributed by atoms with Crippen LogP contribution in [-0.4, -0.2) is 30.5 Å². The molecule has 4 nitrogen and oxygen atoms in total. The van der Waals surface area contributed by atoms with Crippen LogP contribution in [0.1, 0.15) is 37.8 Å². The van der Waals surface area contributed by atoms with Gasteiger partial charge in [0.15, 0.2) is 0 Å². The summed E-state index contributed by atoms with van der Waals surface area (Å²) in [5.74, 6) is 0.896. The Hall–Kier alpha value is -1.55. The first-order chi connectivity index (χ1) is 9.19. The molecule has 0 aliphatic carbocycles. The summed E-state index contributed by atoms with van der Waals surface area (Å²) in [5, 5.41) is 0. The molecule has 0 bridgehead atoms. The van der Waals surface area contributed by atoms with Crippen molar-refractivity contribution in [2.45, 2.75) is 38.3 Å². The Morgan fingerprint density at radius 1 is 1.53 bits per heavy atom. The van der Waals surface area contributed by atoms with Crippen molar-refractivity contribution >= 4 is 5.91 Å². The lowest BCUT2D eigenvalue weighted by atomic mass is 10.0. The Labute approximate surface area is 114 Å². The highest BCUT2D eigenvalue weighted by Crippen LogP contribution is 2.37. The minimum atomic E-state index is -0.393. The molecule has 19 heavy (non-hydrogen) atoms. The molecule has 1 aliphatic rings. The molecule has 2 atom stereocenters. The van der Waals surface area contributed by atoms with E-state index in [1.807, 2.05) is 36.1 Å². The van der Waals surface area contributed by atoms with E-state index in [4.69, 9.17) is 10.5 Å². The number of ether oxygens (including phenoxy) is 1. The summed E-state index contributed by atoms with van der Waals surface area (Å²) < 4.78 is 5.40. The number of carbonyl (C=O) groups is 1. The van der Waals surface area contributed by atoms with E-state index in [1.165, 1.54) is 0 Å². The summed E-state index contributed by atoms with van der Waals surface area (Å²) in [6, 6.07) is 7.61.